The van der Waals surface area contributed by atoms with E-state index in [1.54, 1.807) is 13.3 Å². The number of ether oxygens (including phenoxy) is 1. The van der Waals surface area contributed by atoms with Gasteiger partial charge in [0, 0.05) is 25.8 Å². The van der Waals surface area contributed by atoms with Gasteiger partial charge in [0.05, 0.1) is 7.11 Å². The van der Waals surface area contributed by atoms with Crippen LogP contribution in [0.3, 0.4) is 0 Å². The SMILES string of the molecule is COc1ccc(CNC(=O)Cn2nc3nc(N4CCC[C@H](C)C4)ccn3c2=O)cc1. The van der Waals surface area contributed by atoms with Gasteiger partial charge in [-0.25, -0.2) is 13.9 Å². The Labute approximate surface area is 174 Å². The second kappa shape index (κ2) is 8.56. The van der Waals surface area contributed by atoms with E-state index < -0.39 is 0 Å². The fourth-order valence-electron chi connectivity index (χ4n) is 3.71. The minimum atomic E-state index is -0.379. The van der Waals surface area contributed by atoms with Crippen molar-refractivity contribution in [1.82, 2.24) is 24.5 Å². The first-order valence-corrected chi connectivity index (χ1v) is 10.1. The molecule has 4 rings (SSSR count). The average Bonchev–Trinajstić information content (AvgIpc) is 3.07. The van der Waals surface area contributed by atoms with Crippen LogP contribution in [0.25, 0.3) is 5.78 Å². The summed E-state index contributed by atoms with van der Waals surface area (Å²) < 4.78 is 7.64. The number of rotatable bonds is 6. The predicted octanol–water partition coefficient (Wildman–Crippen LogP) is 1.45. The number of amides is 1. The first kappa shape index (κ1) is 19.9. The highest BCUT2D eigenvalue weighted by atomic mass is 16.5. The number of benzene rings is 1. The molecule has 0 saturated carbocycles. The van der Waals surface area contributed by atoms with E-state index >= 15 is 0 Å². The highest BCUT2D eigenvalue weighted by Gasteiger charge is 2.19. The summed E-state index contributed by atoms with van der Waals surface area (Å²) in [6.45, 7) is 4.33. The number of fused-ring (bicyclic) bond motifs is 1. The molecule has 1 atom stereocenters. The zero-order chi connectivity index (χ0) is 21.1. The average molecular weight is 410 g/mol. The minimum absolute atomic E-state index is 0.158. The lowest BCUT2D eigenvalue weighted by molar-refractivity contribution is -0.122. The molecule has 1 N–H and O–H groups in total. The number of piperidine rings is 1. The van der Waals surface area contributed by atoms with Gasteiger partial charge in [-0.2, -0.15) is 4.98 Å². The fourth-order valence-corrected chi connectivity index (χ4v) is 3.71. The molecule has 0 radical (unpaired) electrons. The van der Waals surface area contributed by atoms with Gasteiger partial charge >= 0.3 is 5.69 Å². The third-order valence-corrected chi connectivity index (χ3v) is 5.36. The smallest absolute Gasteiger partial charge is 0.352 e. The van der Waals surface area contributed by atoms with Gasteiger partial charge in [0.15, 0.2) is 0 Å². The maximum absolute atomic E-state index is 12.6. The maximum atomic E-state index is 12.6. The summed E-state index contributed by atoms with van der Waals surface area (Å²) in [5, 5.41) is 7.06. The van der Waals surface area contributed by atoms with E-state index in [1.807, 2.05) is 30.3 Å². The van der Waals surface area contributed by atoms with Crippen molar-refractivity contribution in [3.63, 3.8) is 0 Å². The lowest BCUT2D eigenvalue weighted by atomic mass is 10.0. The van der Waals surface area contributed by atoms with Gasteiger partial charge in [-0.3, -0.25) is 4.79 Å². The standard InChI is InChI=1S/C21H26N6O3/c1-15-4-3-10-25(13-15)18-9-11-26-20(23-18)24-27(21(26)29)14-19(28)22-12-16-5-7-17(30-2)8-6-16/h5-9,11,15H,3-4,10,12-14H2,1-2H3,(H,22,28)/t15-/m0/s1. The van der Waals surface area contributed by atoms with Crippen molar-refractivity contribution < 1.29 is 9.53 Å². The Balaban J connectivity index is 1.43. The van der Waals surface area contributed by atoms with Crippen LogP contribution in [-0.4, -0.2) is 45.3 Å². The summed E-state index contributed by atoms with van der Waals surface area (Å²) in [7, 11) is 1.61. The van der Waals surface area contributed by atoms with Crippen LogP contribution < -0.4 is 20.6 Å². The molecule has 3 aromatic rings. The number of methoxy groups -OCH3 is 1. The summed E-state index contributed by atoms with van der Waals surface area (Å²) >= 11 is 0. The van der Waals surface area contributed by atoms with E-state index in [-0.39, 0.29) is 18.1 Å². The van der Waals surface area contributed by atoms with Crippen LogP contribution in [0.2, 0.25) is 0 Å². The summed E-state index contributed by atoms with van der Waals surface area (Å²) in [5.74, 6) is 2.20. The largest absolute Gasteiger partial charge is 0.497 e. The van der Waals surface area contributed by atoms with Crippen LogP contribution in [0.1, 0.15) is 25.3 Å². The van der Waals surface area contributed by atoms with Crippen molar-refractivity contribution in [3.05, 3.63) is 52.6 Å². The number of nitrogens with zero attached hydrogens (tertiary/aromatic N) is 5. The molecule has 1 amide bonds. The van der Waals surface area contributed by atoms with Crippen molar-refractivity contribution in [2.45, 2.75) is 32.9 Å². The minimum Gasteiger partial charge on any atom is -0.497 e. The molecule has 9 nitrogen and oxygen atoms in total. The number of carbonyl (C=O) groups is 1. The predicted molar refractivity (Wildman–Crippen MR) is 113 cm³/mol. The lowest BCUT2D eigenvalue weighted by Crippen LogP contribution is -2.35. The molecule has 30 heavy (non-hydrogen) atoms. The van der Waals surface area contributed by atoms with Crippen LogP contribution in [0.5, 0.6) is 5.75 Å². The van der Waals surface area contributed by atoms with Gasteiger partial charge in [-0.05, 0) is 42.5 Å². The van der Waals surface area contributed by atoms with Crippen molar-refractivity contribution in [2.75, 3.05) is 25.1 Å². The third kappa shape index (κ3) is 4.29. The molecule has 0 spiro atoms. The number of hydrogen-bond donors (Lipinski definition) is 1. The molecule has 158 valence electrons. The van der Waals surface area contributed by atoms with E-state index in [1.165, 1.54) is 10.8 Å². The number of anilines is 1. The summed E-state index contributed by atoms with van der Waals surface area (Å²) in [5.41, 5.74) is 0.559. The quantitative estimate of drug-likeness (QED) is 0.661. The first-order chi connectivity index (χ1) is 14.5. The van der Waals surface area contributed by atoms with E-state index in [4.69, 9.17) is 4.74 Å². The molecule has 0 bridgehead atoms. The van der Waals surface area contributed by atoms with Crippen LogP contribution in [0, 0.1) is 5.92 Å². The van der Waals surface area contributed by atoms with Crippen LogP contribution in [0.15, 0.2) is 41.3 Å². The van der Waals surface area contributed by atoms with Gasteiger partial charge in [-0.15, -0.1) is 5.10 Å². The molecule has 0 aliphatic carbocycles. The zero-order valence-electron chi connectivity index (χ0n) is 17.2. The van der Waals surface area contributed by atoms with Gasteiger partial charge in [0.2, 0.25) is 5.91 Å². The molecule has 9 heteroatoms. The molecule has 3 heterocycles. The molecule has 2 aromatic heterocycles. The molecule has 1 fully saturated rings. The van der Waals surface area contributed by atoms with Crippen molar-refractivity contribution in [1.29, 1.82) is 0 Å². The number of carbonyl (C=O) groups excluding carboxylic acids is 1. The van der Waals surface area contributed by atoms with Crippen LogP contribution in [0.4, 0.5) is 5.82 Å². The normalized spacial score (nSPS) is 16.6. The Morgan fingerprint density at radius 1 is 1.27 bits per heavy atom. The van der Waals surface area contributed by atoms with Crippen LogP contribution in [-0.2, 0) is 17.9 Å². The molecular formula is C21H26N6O3. The van der Waals surface area contributed by atoms with Gasteiger partial charge in [0.25, 0.3) is 5.78 Å². The highest BCUT2D eigenvalue weighted by molar-refractivity contribution is 5.75. The van der Waals surface area contributed by atoms with Crippen LogP contribution >= 0.6 is 0 Å². The second-order valence-corrected chi connectivity index (χ2v) is 7.71. The van der Waals surface area contributed by atoms with Crippen molar-refractivity contribution in [3.8, 4) is 5.75 Å². The molecule has 1 aromatic carbocycles. The van der Waals surface area contributed by atoms with Gasteiger partial charge in [0.1, 0.15) is 18.1 Å². The molecule has 1 saturated heterocycles. The Hall–Kier alpha value is -3.36. The Bertz CT molecular complexity index is 1090. The number of nitrogens with one attached hydrogen (secondary N) is 1. The van der Waals surface area contributed by atoms with E-state index in [9.17, 15) is 9.59 Å². The Kier molecular flexibility index (Phi) is 5.69. The molecule has 1 aliphatic rings. The monoisotopic (exact) mass is 410 g/mol. The van der Waals surface area contributed by atoms with Gasteiger partial charge in [-0.1, -0.05) is 19.1 Å². The molecule has 0 unspecified atom stereocenters. The summed E-state index contributed by atoms with van der Waals surface area (Å²) in [6.07, 6.45) is 4.03. The van der Waals surface area contributed by atoms with Crippen molar-refractivity contribution in [2.24, 2.45) is 5.92 Å². The number of aromatic nitrogens is 4. The second-order valence-electron chi connectivity index (χ2n) is 7.71. The Morgan fingerprint density at radius 3 is 2.80 bits per heavy atom. The summed E-state index contributed by atoms with van der Waals surface area (Å²) in [6, 6.07) is 9.26. The third-order valence-electron chi connectivity index (χ3n) is 5.36. The van der Waals surface area contributed by atoms with E-state index in [2.05, 4.69) is 27.2 Å². The lowest BCUT2D eigenvalue weighted by Gasteiger charge is -2.31. The molecular weight excluding hydrogens is 384 g/mol. The van der Waals surface area contributed by atoms with E-state index in [0.29, 0.717) is 18.2 Å². The Morgan fingerprint density at radius 2 is 2.07 bits per heavy atom. The van der Waals surface area contributed by atoms with Gasteiger partial charge < -0.3 is 15.0 Å². The zero-order valence-corrected chi connectivity index (χ0v) is 17.2. The topological polar surface area (TPSA) is 93.8 Å². The maximum Gasteiger partial charge on any atom is 0.352 e. The fraction of sp³-hybridized carbons (Fsp3) is 0.429. The first-order valence-electron chi connectivity index (χ1n) is 10.1. The van der Waals surface area contributed by atoms with E-state index in [0.717, 1.165) is 41.3 Å². The van der Waals surface area contributed by atoms with Crippen molar-refractivity contribution >= 4 is 17.5 Å². The number of hydrogen-bond acceptors (Lipinski definition) is 6. The summed E-state index contributed by atoms with van der Waals surface area (Å²) in [4.78, 5) is 31.6. The molecule has 1 aliphatic heterocycles. The highest BCUT2D eigenvalue weighted by Crippen LogP contribution is 2.21.